The van der Waals surface area contributed by atoms with Crippen molar-refractivity contribution in [3.63, 3.8) is 0 Å². The van der Waals surface area contributed by atoms with Crippen LogP contribution in [0.5, 0.6) is 0 Å². The molecule has 7 nitrogen and oxygen atoms in total. The number of fused-ring (bicyclic) bond motifs is 1. The number of methoxy groups -OCH3 is 1. The second-order valence-electron chi connectivity index (χ2n) is 8.04. The summed E-state index contributed by atoms with van der Waals surface area (Å²) in [5.41, 5.74) is 3.08. The summed E-state index contributed by atoms with van der Waals surface area (Å²) in [6.45, 7) is 3.99. The van der Waals surface area contributed by atoms with Crippen molar-refractivity contribution < 1.29 is 14.3 Å². The molecule has 1 fully saturated rings. The number of nitrogens with zero attached hydrogens (tertiary/aromatic N) is 4. The van der Waals surface area contributed by atoms with Crippen LogP contribution in [0.25, 0.3) is 0 Å². The second-order valence-corrected chi connectivity index (χ2v) is 8.04. The normalized spacial score (nSPS) is 18.2. The van der Waals surface area contributed by atoms with Gasteiger partial charge in [0.2, 0.25) is 11.8 Å². The Balaban J connectivity index is 1.47. The van der Waals surface area contributed by atoms with Gasteiger partial charge in [0.1, 0.15) is 18.2 Å². The summed E-state index contributed by atoms with van der Waals surface area (Å²) in [5, 5.41) is 0. The summed E-state index contributed by atoms with van der Waals surface area (Å²) < 4.78 is 4.97. The van der Waals surface area contributed by atoms with Crippen LogP contribution in [-0.4, -0.2) is 60.0 Å². The maximum absolute atomic E-state index is 12.7. The number of hydrogen-bond acceptors (Lipinski definition) is 5. The number of rotatable bonds is 7. The number of carbonyl (C=O) groups excluding carboxylic acids is 2. The van der Waals surface area contributed by atoms with Crippen molar-refractivity contribution in [1.29, 1.82) is 0 Å². The molecule has 1 aromatic carbocycles. The molecule has 0 unspecified atom stereocenters. The summed E-state index contributed by atoms with van der Waals surface area (Å²) >= 11 is 0. The van der Waals surface area contributed by atoms with Crippen molar-refractivity contribution in [2.75, 3.05) is 38.3 Å². The van der Waals surface area contributed by atoms with Gasteiger partial charge in [-0.2, -0.15) is 0 Å². The van der Waals surface area contributed by atoms with Gasteiger partial charge in [-0.1, -0.05) is 30.3 Å². The minimum atomic E-state index is -0.00408. The Hall–Kier alpha value is -2.80. The second kappa shape index (κ2) is 8.92. The molecule has 2 aliphatic heterocycles. The van der Waals surface area contributed by atoms with Crippen molar-refractivity contribution in [1.82, 2.24) is 14.9 Å². The molecule has 2 amide bonds. The van der Waals surface area contributed by atoms with Gasteiger partial charge >= 0.3 is 0 Å². The highest BCUT2D eigenvalue weighted by molar-refractivity contribution is 6.00. The highest BCUT2D eigenvalue weighted by Gasteiger charge is 2.34. The first-order chi connectivity index (χ1) is 14.6. The van der Waals surface area contributed by atoms with E-state index >= 15 is 0 Å². The zero-order valence-electron chi connectivity index (χ0n) is 17.6. The number of ether oxygens (including phenoxy) is 1. The number of benzene rings is 1. The van der Waals surface area contributed by atoms with Crippen LogP contribution < -0.4 is 4.90 Å². The highest BCUT2D eigenvalue weighted by Crippen LogP contribution is 2.33. The van der Waals surface area contributed by atoms with Crippen LogP contribution in [0.15, 0.2) is 30.3 Å². The number of anilines is 1. The third-order valence-electron chi connectivity index (χ3n) is 5.96. The lowest BCUT2D eigenvalue weighted by Gasteiger charge is -2.19. The molecule has 3 heterocycles. The molecular weight excluding hydrogens is 380 g/mol. The molecule has 1 aromatic heterocycles. The molecule has 0 spiro atoms. The first-order valence-corrected chi connectivity index (χ1v) is 10.5. The van der Waals surface area contributed by atoms with Crippen LogP contribution in [0.4, 0.5) is 5.82 Å². The lowest BCUT2D eigenvalue weighted by atomic mass is 10.1. The quantitative estimate of drug-likeness (QED) is 0.703. The number of amides is 2. The van der Waals surface area contributed by atoms with Gasteiger partial charge in [0.05, 0.1) is 6.42 Å². The van der Waals surface area contributed by atoms with Crippen molar-refractivity contribution in [3.05, 3.63) is 53.0 Å². The fourth-order valence-electron chi connectivity index (χ4n) is 4.31. The first-order valence-electron chi connectivity index (χ1n) is 10.5. The summed E-state index contributed by atoms with van der Waals surface area (Å²) in [4.78, 5) is 37.9. The minimum Gasteiger partial charge on any atom is -0.375 e. The third-order valence-corrected chi connectivity index (χ3v) is 5.96. The molecule has 30 heavy (non-hydrogen) atoms. The SMILES string of the molecule is COCC(=O)N1CC[C@@H](c2nc(C)c3c(n2)N(CCCc2ccccc2)C(=O)C3)C1. The molecule has 7 heteroatoms. The zero-order valence-corrected chi connectivity index (χ0v) is 17.6. The summed E-state index contributed by atoms with van der Waals surface area (Å²) in [6, 6.07) is 10.3. The van der Waals surface area contributed by atoms with Crippen LogP contribution >= 0.6 is 0 Å². The smallest absolute Gasteiger partial charge is 0.248 e. The molecule has 0 saturated carbocycles. The molecular formula is C23H28N4O3. The maximum atomic E-state index is 12.7. The fourth-order valence-corrected chi connectivity index (χ4v) is 4.31. The molecule has 1 atom stereocenters. The van der Waals surface area contributed by atoms with E-state index in [-0.39, 0.29) is 24.3 Å². The Morgan fingerprint density at radius 3 is 2.80 bits per heavy atom. The maximum Gasteiger partial charge on any atom is 0.248 e. The lowest BCUT2D eigenvalue weighted by molar-refractivity contribution is -0.134. The molecule has 0 radical (unpaired) electrons. The van der Waals surface area contributed by atoms with Gasteiger partial charge < -0.3 is 9.64 Å². The van der Waals surface area contributed by atoms with Gasteiger partial charge in [0, 0.05) is 43.9 Å². The van der Waals surface area contributed by atoms with Crippen molar-refractivity contribution in [2.45, 2.75) is 38.5 Å². The number of hydrogen-bond donors (Lipinski definition) is 0. The van der Waals surface area contributed by atoms with Crippen molar-refractivity contribution in [2.24, 2.45) is 0 Å². The third kappa shape index (κ3) is 4.21. The van der Waals surface area contributed by atoms with Crippen LogP contribution in [0.3, 0.4) is 0 Å². The van der Waals surface area contributed by atoms with Gasteiger partial charge in [0.15, 0.2) is 0 Å². The summed E-state index contributed by atoms with van der Waals surface area (Å²) in [5.74, 6) is 1.68. The van der Waals surface area contributed by atoms with Gasteiger partial charge in [0.25, 0.3) is 0 Å². The van der Waals surface area contributed by atoms with Crippen LogP contribution in [0.2, 0.25) is 0 Å². The fraction of sp³-hybridized carbons (Fsp3) is 0.478. The molecule has 1 saturated heterocycles. The van der Waals surface area contributed by atoms with Gasteiger partial charge in [-0.05, 0) is 31.7 Å². The number of aryl methyl sites for hydroxylation is 2. The molecule has 158 valence electrons. The van der Waals surface area contributed by atoms with E-state index in [1.165, 1.54) is 12.7 Å². The van der Waals surface area contributed by atoms with E-state index < -0.39 is 0 Å². The highest BCUT2D eigenvalue weighted by atomic mass is 16.5. The van der Waals surface area contributed by atoms with Gasteiger partial charge in [-0.3, -0.25) is 14.5 Å². The first kappa shape index (κ1) is 20.5. The van der Waals surface area contributed by atoms with E-state index in [1.54, 1.807) is 0 Å². The summed E-state index contributed by atoms with van der Waals surface area (Å²) in [6.07, 6.45) is 3.01. The number of carbonyl (C=O) groups is 2. The molecule has 0 aliphatic carbocycles. The largest absolute Gasteiger partial charge is 0.375 e. The Bertz CT molecular complexity index is 932. The van der Waals surface area contributed by atoms with Crippen LogP contribution in [-0.2, 0) is 27.2 Å². The monoisotopic (exact) mass is 408 g/mol. The van der Waals surface area contributed by atoms with E-state index in [2.05, 4.69) is 12.1 Å². The van der Waals surface area contributed by atoms with Crippen LogP contribution in [0, 0.1) is 6.92 Å². The Kier molecular flexibility index (Phi) is 6.08. The molecule has 2 aromatic rings. The number of likely N-dealkylation sites (tertiary alicyclic amines) is 1. The van der Waals surface area contributed by atoms with E-state index in [1.807, 2.05) is 34.9 Å². The Morgan fingerprint density at radius 1 is 1.23 bits per heavy atom. The average molecular weight is 409 g/mol. The van der Waals surface area contributed by atoms with Crippen molar-refractivity contribution >= 4 is 17.6 Å². The van der Waals surface area contributed by atoms with E-state index in [9.17, 15) is 9.59 Å². The van der Waals surface area contributed by atoms with Gasteiger partial charge in [-0.25, -0.2) is 9.97 Å². The molecule has 0 bridgehead atoms. The van der Waals surface area contributed by atoms with E-state index in [4.69, 9.17) is 14.7 Å². The zero-order chi connectivity index (χ0) is 21.1. The van der Waals surface area contributed by atoms with E-state index in [0.29, 0.717) is 26.1 Å². The predicted molar refractivity (Wildman–Crippen MR) is 113 cm³/mol. The predicted octanol–water partition coefficient (Wildman–Crippen LogP) is 2.27. The van der Waals surface area contributed by atoms with Crippen LogP contribution in [0.1, 0.15) is 41.4 Å². The topological polar surface area (TPSA) is 75.6 Å². The summed E-state index contributed by atoms with van der Waals surface area (Å²) in [7, 11) is 1.53. The Labute approximate surface area is 177 Å². The van der Waals surface area contributed by atoms with Gasteiger partial charge in [-0.15, -0.1) is 0 Å². The lowest BCUT2D eigenvalue weighted by Crippen LogP contribution is -2.31. The van der Waals surface area contributed by atoms with E-state index in [0.717, 1.165) is 42.2 Å². The molecule has 4 rings (SSSR count). The molecule has 2 aliphatic rings. The standard InChI is InChI=1S/C23H28N4O3/c1-16-19-13-20(28)27(11-6-9-17-7-4-3-5-8-17)23(19)25-22(24-16)18-10-12-26(14-18)21(29)15-30-2/h3-5,7-8,18H,6,9-15H2,1-2H3/t18-/m1/s1. The minimum absolute atomic E-state index is 0.00408. The molecule has 0 N–H and O–H groups in total. The number of aromatic nitrogens is 2. The van der Waals surface area contributed by atoms with Crippen molar-refractivity contribution in [3.8, 4) is 0 Å². The average Bonchev–Trinajstić information content (AvgIpc) is 3.35. The Morgan fingerprint density at radius 2 is 2.03 bits per heavy atom.